The second-order valence-electron chi connectivity index (χ2n) is 9.68. The van der Waals surface area contributed by atoms with Gasteiger partial charge in [0, 0.05) is 44.8 Å². The van der Waals surface area contributed by atoms with Crippen LogP contribution in [0, 0.1) is 5.92 Å². The quantitative estimate of drug-likeness (QED) is 0.621. The summed E-state index contributed by atoms with van der Waals surface area (Å²) in [6.45, 7) is 7.10. The van der Waals surface area contributed by atoms with E-state index in [1.807, 2.05) is 26.1 Å². The highest BCUT2D eigenvalue weighted by atomic mass is 35.5. The molecule has 1 aliphatic heterocycles. The van der Waals surface area contributed by atoms with Crippen LogP contribution in [0.3, 0.4) is 0 Å². The zero-order chi connectivity index (χ0) is 22.0. The molecular formula is C24H36Cl2N4O. The van der Waals surface area contributed by atoms with E-state index in [4.69, 9.17) is 23.2 Å². The average Bonchev–Trinajstić information content (AvgIpc) is 3.54. The van der Waals surface area contributed by atoms with Crippen LogP contribution in [-0.2, 0) is 0 Å². The molecule has 0 atom stereocenters. The van der Waals surface area contributed by atoms with Crippen LogP contribution in [0.2, 0.25) is 10.0 Å². The SMILES string of the molecule is CCN(C)C(=O)N[C@H]1CC[C@H](CCN2CCN(c3cccc(Cl)c3Cl)CC23CC3)CC1. The topological polar surface area (TPSA) is 38.8 Å². The highest BCUT2D eigenvalue weighted by molar-refractivity contribution is 6.43. The fraction of sp³-hybridized carbons (Fsp3) is 0.708. The largest absolute Gasteiger partial charge is 0.367 e. The second-order valence-corrected chi connectivity index (χ2v) is 10.5. The van der Waals surface area contributed by atoms with Gasteiger partial charge in [0.1, 0.15) is 0 Å². The summed E-state index contributed by atoms with van der Waals surface area (Å²) in [7, 11) is 1.86. The first-order valence-corrected chi connectivity index (χ1v) is 12.6. The number of hydrogen-bond acceptors (Lipinski definition) is 3. The van der Waals surface area contributed by atoms with Gasteiger partial charge in [-0.15, -0.1) is 0 Å². The van der Waals surface area contributed by atoms with E-state index in [0.717, 1.165) is 50.6 Å². The van der Waals surface area contributed by atoms with Crippen LogP contribution >= 0.6 is 23.2 Å². The molecule has 5 nitrogen and oxygen atoms in total. The van der Waals surface area contributed by atoms with Gasteiger partial charge in [-0.25, -0.2) is 4.79 Å². The Bertz CT molecular complexity index is 777. The highest BCUT2D eigenvalue weighted by Gasteiger charge is 2.51. The molecule has 4 rings (SSSR count). The van der Waals surface area contributed by atoms with Gasteiger partial charge in [0.15, 0.2) is 0 Å². The van der Waals surface area contributed by atoms with E-state index in [-0.39, 0.29) is 6.03 Å². The van der Waals surface area contributed by atoms with Gasteiger partial charge in [0.05, 0.1) is 15.7 Å². The number of carbonyl (C=O) groups excluding carboxylic acids is 1. The lowest BCUT2D eigenvalue weighted by Gasteiger charge is -2.44. The first kappa shape index (κ1) is 23.0. The third-order valence-corrected chi connectivity index (χ3v) is 8.51. The van der Waals surface area contributed by atoms with Gasteiger partial charge in [-0.05, 0) is 76.5 Å². The third kappa shape index (κ3) is 5.26. The molecule has 1 N–H and O–H groups in total. The Hall–Kier alpha value is -1.17. The van der Waals surface area contributed by atoms with Crippen LogP contribution in [0.25, 0.3) is 0 Å². The fourth-order valence-corrected chi connectivity index (χ4v) is 5.70. The van der Waals surface area contributed by atoms with Crippen LogP contribution in [0.15, 0.2) is 18.2 Å². The molecule has 2 amide bonds. The van der Waals surface area contributed by atoms with Gasteiger partial charge < -0.3 is 15.1 Å². The number of halogens is 2. The Morgan fingerprint density at radius 2 is 1.94 bits per heavy atom. The van der Waals surface area contributed by atoms with Gasteiger partial charge in [0.2, 0.25) is 0 Å². The molecule has 0 aromatic heterocycles. The van der Waals surface area contributed by atoms with Crippen LogP contribution in [0.1, 0.15) is 51.9 Å². The van der Waals surface area contributed by atoms with Gasteiger partial charge in [-0.3, -0.25) is 4.90 Å². The van der Waals surface area contributed by atoms with Crippen molar-refractivity contribution >= 4 is 34.9 Å². The molecular weight excluding hydrogens is 431 g/mol. The normalized spacial score (nSPS) is 25.5. The Morgan fingerprint density at radius 1 is 1.19 bits per heavy atom. The van der Waals surface area contributed by atoms with Crippen LogP contribution < -0.4 is 10.2 Å². The number of amides is 2. The molecule has 7 heteroatoms. The maximum Gasteiger partial charge on any atom is 0.317 e. The van der Waals surface area contributed by atoms with E-state index in [0.29, 0.717) is 21.6 Å². The van der Waals surface area contributed by atoms with Crippen molar-refractivity contribution in [1.29, 1.82) is 0 Å². The Morgan fingerprint density at radius 3 is 2.61 bits per heavy atom. The van der Waals surface area contributed by atoms with Crippen molar-refractivity contribution in [2.24, 2.45) is 5.92 Å². The summed E-state index contributed by atoms with van der Waals surface area (Å²) in [6, 6.07) is 6.36. The summed E-state index contributed by atoms with van der Waals surface area (Å²) in [5, 5.41) is 4.52. The van der Waals surface area contributed by atoms with E-state index in [1.54, 1.807) is 4.90 Å². The van der Waals surface area contributed by atoms with Gasteiger partial charge in [-0.1, -0.05) is 29.3 Å². The molecule has 172 valence electrons. The van der Waals surface area contributed by atoms with E-state index in [9.17, 15) is 4.79 Å². The number of urea groups is 1. The zero-order valence-corrected chi connectivity index (χ0v) is 20.4. The van der Waals surface area contributed by atoms with E-state index < -0.39 is 0 Å². The van der Waals surface area contributed by atoms with Gasteiger partial charge in [0.25, 0.3) is 0 Å². The van der Waals surface area contributed by atoms with Crippen molar-refractivity contribution < 1.29 is 4.79 Å². The van der Waals surface area contributed by atoms with Crippen molar-refractivity contribution in [3.8, 4) is 0 Å². The van der Waals surface area contributed by atoms with Gasteiger partial charge in [-0.2, -0.15) is 0 Å². The number of carbonyl (C=O) groups is 1. The molecule has 2 aliphatic carbocycles. The number of piperazine rings is 1. The molecule has 2 saturated carbocycles. The van der Waals surface area contributed by atoms with Crippen LogP contribution in [0.4, 0.5) is 10.5 Å². The monoisotopic (exact) mass is 466 g/mol. The first-order chi connectivity index (χ1) is 14.9. The highest BCUT2D eigenvalue weighted by Crippen LogP contribution is 2.46. The Balaban J connectivity index is 1.24. The number of anilines is 1. The van der Waals surface area contributed by atoms with Crippen molar-refractivity contribution in [3.63, 3.8) is 0 Å². The standard InChI is InChI=1S/C24H36Cl2N4O/c1-3-28(2)23(31)27-19-9-7-18(8-10-19)11-14-30-16-15-29(17-24(30)12-13-24)21-6-4-5-20(25)22(21)26/h4-6,18-19H,3,7-17H2,1-2H3,(H,27,31)/t18-,19-. The molecule has 31 heavy (non-hydrogen) atoms. The van der Waals surface area contributed by atoms with E-state index >= 15 is 0 Å². The fourth-order valence-electron chi connectivity index (χ4n) is 5.29. The molecule has 1 heterocycles. The molecule has 0 radical (unpaired) electrons. The smallest absolute Gasteiger partial charge is 0.317 e. The number of rotatable bonds is 6. The number of benzene rings is 1. The summed E-state index contributed by atoms with van der Waals surface area (Å²) in [4.78, 5) is 19.0. The van der Waals surface area contributed by atoms with E-state index in [2.05, 4.69) is 21.2 Å². The summed E-state index contributed by atoms with van der Waals surface area (Å²) >= 11 is 12.7. The molecule has 0 bridgehead atoms. The molecule has 3 fully saturated rings. The summed E-state index contributed by atoms with van der Waals surface area (Å²) in [5.41, 5.74) is 1.41. The summed E-state index contributed by atoms with van der Waals surface area (Å²) in [6.07, 6.45) is 8.52. The summed E-state index contributed by atoms with van der Waals surface area (Å²) < 4.78 is 0. The number of nitrogens with one attached hydrogen (secondary N) is 1. The van der Waals surface area contributed by atoms with Crippen LogP contribution in [0.5, 0.6) is 0 Å². The molecule has 1 aromatic rings. The lowest BCUT2D eigenvalue weighted by atomic mass is 9.84. The third-order valence-electron chi connectivity index (χ3n) is 7.70. The molecule has 0 unspecified atom stereocenters. The number of hydrogen-bond donors (Lipinski definition) is 1. The minimum atomic E-state index is 0.0688. The second kappa shape index (κ2) is 9.76. The maximum atomic E-state index is 12.1. The predicted molar refractivity (Wildman–Crippen MR) is 129 cm³/mol. The van der Waals surface area contributed by atoms with E-state index in [1.165, 1.54) is 38.6 Å². The first-order valence-electron chi connectivity index (χ1n) is 11.9. The minimum absolute atomic E-state index is 0.0688. The zero-order valence-electron chi connectivity index (χ0n) is 18.9. The van der Waals surface area contributed by atoms with Crippen molar-refractivity contribution in [2.75, 3.05) is 44.7 Å². The molecule has 1 aromatic carbocycles. The van der Waals surface area contributed by atoms with Crippen molar-refractivity contribution in [3.05, 3.63) is 28.2 Å². The maximum absolute atomic E-state index is 12.1. The lowest BCUT2D eigenvalue weighted by molar-refractivity contribution is 0.138. The minimum Gasteiger partial charge on any atom is -0.367 e. The summed E-state index contributed by atoms with van der Waals surface area (Å²) in [5.74, 6) is 0.785. The van der Waals surface area contributed by atoms with Crippen molar-refractivity contribution in [1.82, 2.24) is 15.1 Å². The molecule has 3 aliphatic rings. The Kier molecular flexibility index (Phi) is 7.24. The molecule has 1 spiro atoms. The predicted octanol–water partition coefficient (Wildman–Crippen LogP) is 5.26. The van der Waals surface area contributed by atoms with Gasteiger partial charge >= 0.3 is 6.03 Å². The number of nitrogens with zero attached hydrogens (tertiary/aromatic N) is 3. The lowest BCUT2D eigenvalue weighted by Crippen LogP contribution is -2.55. The average molecular weight is 467 g/mol. The van der Waals surface area contributed by atoms with Crippen LogP contribution in [-0.4, -0.2) is 67.2 Å². The molecule has 1 saturated heterocycles. The van der Waals surface area contributed by atoms with Crippen molar-refractivity contribution in [2.45, 2.75) is 63.5 Å². The Labute approximate surface area is 197 Å².